The lowest BCUT2D eigenvalue weighted by Crippen LogP contribution is -2.51. The smallest absolute Gasteiger partial charge is 0.0951 e. The number of hydrogen-bond acceptors (Lipinski definition) is 4. The van der Waals surface area contributed by atoms with E-state index in [-0.39, 0.29) is 5.60 Å². The van der Waals surface area contributed by atoms with Crippen LogP contribution in [0.3, 0.4) is 0 Å². The summed E-state index contributed by atoms with van der Waals surface area (Å²) < 4.78 is 11.7. The average molecular weight is 296 g/mol. The molecule has 4 heteroatoms. The van der Waals surface area contributed by atoms with Crippen molar-refractivity contribution in [3.63, 3.8) is 0 Å². The van der Waals surface area contributed by atoms with Crippen LogP contribution in [0.1, 0.15) is 45.4 Å². The second kappa shape index (κ2) is 7.40. The van der Waals surface area contributed by atoms with E-state index in [9.17, 15) is 0 Å². The topological polar surface area (TPSA) is 33.7 Å². The third-order valence-corrected chi connectivity index (χ3v) is 5.45. The van der Waals surface area contributed by atoms with E-state index in [4.69, 9.17) is 9.47 Å². The molecule has 122 valence electrons. The number of nitrogens with zero attached hydrogens (tertiary/aromatic N) is 1. The maximum Gasteiger partial charge on any atom is 0.0951 e. The average Bonchev–Trinajstić information content (AvgIpc) is 2.96. The van der Waals surface area contributed by atoms with Crippen LogP contribution in [-0.4, -0.2) is 62.5 Å². The zero-order valence-electron chi connectivity index (χ0n) is 13.6. The maximum absolute atomic E-state index is 6.11. The Morgan fingerprint density at radius 1 is 1.29 bits per heavy atom. The summed E-state index contributed by atoms with van der Waals surface area (Å²) in [6.07, 6.45) is 7.45. The van der Waals surface area contributed by atoms with Gasteiger partial charge in [0.15, 0.2) is 0 Å². The van der Waals surface area contributed by atoms with E-state index in [1.165, 1.54) is 58.3 Å². The highest BCUT2D eigenvalue weighted by Gasteiger charge is 2.42. The molecule has 0 aromatic rings. The molecule has 21 heavy (non-hydrogen) atoms. The first-order valence-corrected chi connectivity index (χ1v) is 8.98. The molecule has 3 fully saturated rings. The summed E-state index contributed by atoms with van der Waals surface area (Å²) in [7, 11) is 0. The molecule has 3 heterocycles. The van der Waals surface area contributed by atoms with E-state index in [0.717, 1.165) is 32.2 Å². The number of piperidine rings is 1. The first-order valence-electron chi connectivity index (χ1n) is 8.98. The van der Waals surface area contributed by atoms with Gasteiger partial charge < -0.3 is 14.8 Å². The summed E-state index contributed by atoms with van der Waals surface area (Å²) in [4.78, 5) is 2.76. The van der Waals surface area contributed by atoms with Crippen molar-refractivity contribution in [2.75, 3.05) is 46.0 Å². The molecule has 0 aliphatic carbocycles. The molecule has 3 unspecified atom stereocenters. The molecule has 0 bridgehead atoms. The fourth-order valence-electron chi connectivity index (χ4n) is 4.30. The zero-order valence-corrected chi connectivity index (χ0v) is 13.6. The van der Waals surface area contributed by atoms with Crippen LogP contribution in [-0.2, 0) is 9.47 Å². The van der Waals surface area contributed by atoms with Gasteiger partial charge in [-0.15, -0.1) is 0 Å². The highest BCUT2D eigenvalue weighted by molar-refractivity contribution is 4.94. The minimum Gasteiger partial charge on any atom is -0.378 e. The van der Waals surface area contributed by atoms with Gasteiger partial charge in [-0.05, 0) is 57.7 Å². The van der Waals surface area contributed by atoms with Gasteiger partial charge in [0.1, 0.15) is 0 Å². The predicted molar refractivity (Wildman–Crippen MR) is 84.6 cm³/mol. The lowest BCUT2D eigenvalue weighted by Gasteiger charge is -2.43. The summed E-state index contributed by atoms with van der Waals surface area (Å²) in [5, 5.41) is 3.56. The van der Waals surface area contributed by atoms with Gasteiger partial charge in [-0.2, -0.15) is 0 Å². The molecule has 1 N–H and O–H groups in total. The Labute approximate surface area is 129 Å². The van der Waals surface area contributed by atoms with Crippen LogP contribution in [0.4, 0.5) is 0 Å². The molecule has 4 nitrogen and oxygen atoms in total. The van der Waals surface area contributed by atoms with Crippen molar-refractivity contribution >= 4 is 0 Å². The molecule has 3 aliphatic heterocycles. The summed E-state index contributed by atoms with van der Waals surface area (Å²) in [5.41, 5.74) is 0.0414. The van der Waals surface area contributed by atoms with E-state index in [1.807, 2.05) is 0 Å². The second-order valence-corrected chi connectivity index (χ2v) is 7.19. The maximum atomic E-state index is 6.11. The van der Waals surface area contributed by atoms with Crippen LogP contribution in [0.15, 0.2) is 0 Å². The number of ether oxygens (including phenoxy) is 2. The van der Waals surface area contributed by atoms with E-state index in [1.54, 1.807) is 0 Å². The molecule has 3 aliphatic rings. The summed E-state index contributed by atoms with van der Waals surface area (Å²) in [6.45, 7) is 9.83. The van der Waals surface area contributed by atoms with Gasteiger partial charge in [0.25, 0.3) is 0 Å². The second-order valence-electron chi connectivity index (χ2n) is 7.19. The van der Waals surface area contributed by atoms with Crippen LogP contribution >= 0.6 is 0 Å². The molecule has 3 rings (SSSR count). The largest absolute Gasteiger partial charge is 0.378 e. The van der Waals surface area contributed by atoms with Crippen LogP contribution in [0.5, 0.6) is 0 Å². The van der Waals surface area contributed by atoms with Crippen molar-refractivity contribution < 1.29 is 9.47 Å². The van der Waals surface area contributed by atoms with Gasteiger partial charge >= 0.3 is 0 Å². The third-order valence-electron chi connectivity index (χ3n) is 5.45. The summed E-state index contributed by atoms with van der Waals surface area (Å²) in [5.74, 6) is 0.837. The molecule has 0 aromatic heterocycles. The van der Waals surface area contributed by atoms with Crippen LogP contribution < -0.4 is 5.32 Å². The minimum absolute atomic E-state index is 0.0414. The molecule has 1 spiro atoms. The van der Waals surface area contributed by atoms with Gasteiger partial charge in [0.05, 0.1) is 12.2 Å². The van der Waals surface area contributed by atoms with Crippen molar-refractivity contribution in [1.29, 1.82) is 0 Å². The van der Waals surface area contributed by atoms with Gasteiger partial charge in [-0.25, -0.2) is 0 Å². The SMILES string of the molecule is CCCN(CC1CCCNC1)C1CCOC2(CCOC2)C1. The predicted octanol–water partition coefficient (Wildman–Crippen LogP) is 2.04. The lowest BCUT2D eigenvalue weighted by molar-refractivity contribution is -0.108. The molecule has 3 saturated heterocycles. The Kier molecular flexibility index (Phi) is 5.54. The Bertz CT molecular complexity index is 312. The van der Waals surface area contributed by atoms with E-state index in [0.29, 0.717) is 6.04 Å². The quantitative estimate of drug-likeness (QED) is 0.842. The first-order chi connectivity index (χ1) is 10.3. The summed E-state index contributed by atoms with van der Waals surface area (Å²) in [6, 6.07) is 0.697. The molecule has 0 amide bonds. The fourth-order valence-corrected chi connectivity index (χ4v) is 4.30. The van der Waals surface area contributed by atoms with E-state index in [2.05, 4.69) is 17.1 Å². The van der Waals surface area contributed by atoms with E-state index < -0.39 is 0 Å². The van der Waals surface area contributed by atoms with Crippen molar-refractivity contribution in [2.24, 2.45) is 5.92 Å². The molecule has 0 saturated carbocycles. The van der Waals surface area contributed by atoms with Gasteiger partial charge in [-0.3, -0.25) is 4.90 Å². The highest BCUT2D eigenvalue weighted by Crippen LogP contribution is 2.35. The summed E-state index contributed by atoms with van der Waals surface area (Å²) >= 11 is 0. The third kappa shape index (κ3) is 3.98. The van der Waals surface area contributed by atoms with Crippen molar-refractivity contribution in [3.05, 3.63) is 0 Å². The Morgan fingerprint density at radius 3 is 2.95 bits per heavy atom. The number of nitrogens with one attached hydrogen (secondary N) is 1. The Hall–Kier alpha value is -0.160. The number of rotatable bonds is 5. The van der Waals surface area contributed by atoms with Crippen LogP contribution in [0.2, 0.25) is 0 Å². The van der Waals surface area contributed by atoms with Crippen molar-refractivity contribution in [3.8, 4) is 0 Å². The van der Waals surface area contributed by atoms with Gasteiger partial charge in [-0.1, -0.05) is 6.92 Å². The van der Waals surface area contributed by atoms with Crippen molar-refractivity contribution in [2.45, 2.75) is 57.1 Å². The molecular formula is C17H32N2O2. The molecule has 3 atom stereocenters. The normalized spacial score (nSPS) is 37.4. The monoisotopic (exact) mass is 296 g/mol. The standard InChI is InChI=1S/C17H32N2O2/c1-2-8-19(13-15-4-3-7-18-12-15)16-5-9-21-17(11-16)6-10-20-14-17/h15-16,18H,2-14H2,1H3. The molecule has 0 radical (unpaired) electrons. The van der Waals surface area contributed by atoms with E-state index >= 15 is 0 Å². The fraction of sp³-hybridized carbons (Fsp3) is 1.00. The van der Waals surface area contributed by atoms with Crippen molar-refractivity contribution in [1.82, 2.24) is 10.2 Å². The van der Waals surface area contributed by atoms with Gasteiger partial charge in [0, 0.05) is 32.2 Å². The molecular weight excluding hydrogens is 264 g/mol. The Balaban J connectivity index is 1.59. The van der Waals surface area contributed by atoms with Crippen LogP contribution in [0, 0.1) is 5.92 Å². The van der Waals surface area contributed by atoms with Crippen LogP contribution in [0.25, 0.3) is 0 Å². The first kappa shape index (κ1) is 15.7. The lowest BCUT2D eigenvalue weighted by atomic mass is 9.88. The number of hydrogen-bond donors (Lipinski definition) is 1. The minimum atomic E-state index is 0.0414. The zero-order chi connectivity index (χ0) is 14.5. The van der Waals surface area contributed by atoms with Gasteiger partial charge in [0.2, 0.25) is 0 Å². The Morgan fingerprint density at radius 2 is 2.24 bits per heavy atom. The highest BCUT2D eigenvalue weighted by atomic mass is 16.6. The molecule has 0 aromatic carbocycles.